The number of aromatic nitrogens is 1. The van der Waals surface area contributed by atoms with E-state index in [2.05, 4.69) is 9.69 Å². The Bertz CT molecular complexity index is 625. The van der Waals surface area contributed by atoms with Crippen molar-refractivity contribution in [3.05, 3.63) is 15.1 Å². The first kappa shape index (κ1) is 18.9. The predicted molar refractivity (Wildman–Crippen MR) is 100 cm³/mol. The summed E-state index contributed by atoms with van der Waals surface area (Å²) in [4.78, 5) is 27.1. The Morgan fingerprint density at radius 1 is 1.08 bits per heavy atom. The molecule has 1 heterocycles. The summed E-state index contributed by atoms with van der Waals surface area (Å²) in [6.07, 6.45) is 9.51. The van der Waals surface area contributed by atoms with Gasteiger partial charge in [0.05, 0.1) is 0 Å². The summed E-state index contributed by atoms with van der Waals surface area (Å²) in [5.74, 6) is -0.384. The zero-order valence-corrected chi connectivity index (χ0v) is 16.4. The van der Waals surface area contributed by atoms with E-state index >= 15 is 0 Å². The van der Waals surface area contributed by atoms with Gasteiger partial charge in [0.1, 0.15) is 15.9 Å². The number of carbonyl (C=O) groups is 2. The topological polar surface area (TPSA) is 62.3 Å². The molecule has 2 aliphatic carbocycles. The standard InChI is InChI=1S/C17H23Cl2N3O2S/c18-14-15(21-25-16(14)19)17(24)22(12-8-2-1-3-9-12)10-13(23)20-11-6-4-5-7-11/h11-12H,1-10H2,(H,20,23). The van der Waals surface area contributed by atoms with Gasteiger partial charge >= 0.3 is 0 Å². The molecular weight excluding hydrogens is 381 g/mol. The van der Waals surface area contributed by atoms with Gasteiger partial charge in [0.25, 0.3) is 5.91 Å². The van der Waals surface area contributed by atoms with Crippen LogP contribution in [0.2, 0.25) is 9.36 Å². The minimum Gasteiger partial charge on any atom is -0.352 e. The summed E-state index contributed by atoms with van der Waals surface area (Å²) in [5.41, 5.74) is 0.163. The fourth-order valence-electron chi connectivity index (χ4n) is 3.79. The summed E-state index contributed by atoms with van der Waals surface area (Å²) in [7, 11) is 0. The van der Waals surface area contributed by atoms with Crippen molar-refractivity contribution >= 4 is 46.5 Å². The lowest BCUT2D eigenvalue weighted by molar-refractivity contribution is -0.123. The number of halogens is 2. The van der Waals surface area contributed by atoms with Crippen LogP contribution in [-0.4, -0.2) is 39.7 Å². The van der Waals surface area contributed by atoms with E-state index in [0.717, 1.165) is 62.9 Å². The van der Waals surface area contributed by atoms with Gasteiger partial charge in [-0.05, 0) is 37.2 Å². The molecule has 2 fully saturated rings. The summed E-state index contributed by atoms with van der Waals surface area (Å²) >= 11 is 13.1. The smallest absolute Gasteiger partial charge is 0.275 e. The minimum atomic E-state index is -0.290. The van der Waals surface area contributed by atoms with E-state index in [1.807, 2.05) is 0 Å². The van der Waals surface area contributed by atoms with Gasteiger partial charge in [-0.15, -0.1) is 0 Å². The third kappa shape index (κ3) is 4.66. The molecular formula is C17H23Cl2N3O2S. The Morgan fingerprint density at radius 2 is 1.72 bits per heavy atom. The van der Waals surface area contributed by atoms with Crippen molar-refractivity contribution < 1.29 is 9.59 Å². The highest BCUT2D eigenvalue weighted by molar-refractivity contribution is 7.11. The second-order valence-corrected chi connectivity index (χ2v) is 8.65. The van der Waals surface area contributed by atoms with Crippen LogP contribution in [0.4, 0.5) is 0 Å². The Labute approximate surface area is 162 Å². The first-order chi connectivity index (χ1) is 12.1. The third-order valence-corrected chi connectivity index (χ3v) is 6.72. The van der Waals surface area contributed by atoms with E-state index < -0.39 is 0 Å². The molecule has 0 atom stereocenters. The maximum atomic E-state index is 13.0. The molecule has 0 radical (unpaired) electrons. The van der Waals surface area contributed by atoms with Crippen LogP contribution in [0.25, 0.3) is 0 Å². The monoisotopic (exact) mass is 403 g/mol. The highest BCUT2D eigenvalue weighted by atomic mass is 35.5. The van der Waals surface area contributed by atoms with Crippen molar-refractivity contribution in [1.29, 1.82) is 0 Å². The average Bonchev–Trinajstić information content (AvgIpc) is 3.24. The van der Waals surface area contributed by atoms with Gasteiger partial charge in [0.15, 0.2) is 5.69 Å². The van der Waals surface area contributed by atoms with Crippen molar-refractivity contribution in [2.75, 3.05) is 6.54 Å². The maximum absolute atomic E-state index is 13.0. The van der Waals surface area contributed by atoms with Gasteiger partial charge in [-0.2, -0.15) is 4.37 Å². The van der Waals surface area contributed by atoms with Gasteiger partial charge in [-0.3, -0.25) is 9.59 Å². The molecule has 8 heteroatoms. The lowest BCUT2D eigenvalue weighted by Gasteiger charge is -2.33. The van der Waals surface area contributed by atoms with E-state index in [1.165, 1.54) is 6.42 Å². The van der Waals surface area contributed by atoms with Crippen LogP contribution in [0, 0.1) is 0 Å². The van der Waals surface area contributed by atoms with Gasteiger partial charge in [-0.1, -0.05) is 55.3 Å². The molecule has 1 aromatic heterocycles. The van der Waals surface area contributed by atoms with Gasteiger partial charge in [0, 0.05) is 12.1 Å². The predicted octanol–water partition coefficient (Wildman–Crippen LogP) is 4.28. The van der Waals surface area contributed by atoms with Crippen molar-refractivity contribution in [3.8, 4) is 0 Å². The Kier molecular flexibility index (Phi) is 6.58. The quantitative estimate of drug-likeness (QED) is 0.797. The highest BCUT2D eigenvalue weighted by Gasteiger charge is 2.32. The third-order valence-electron chi connectivity index (χ3n) is 5.11. The Balaban J connectivity index is 1.73. The molecule has 1 N–H and O–H groups in total. The summed E-state index contributed by atoms with van der Waals surface area (Å²) < 4.78 is 4.41. The van der Waals surface area contributed by atoms with Crippen molar-refractivity contribution in [3.63, 3.8) is 0 Å². The molecule has 2 amide bonds. The van der Waals surface area contributed by atoms with Crippen LogP contribution in [0.15, 0.2) is 0 Å². The van der Waals surface area contributed by atoms with Crippen LogP contribution < -0.4 is 5.32 Å². The SMILES string of the molecule is O=C(CN(C(=O)c1nsc(Cl)c1Cl)C1CCCCC1)NC1CCCC1. The number of amides is 2. The molecule has 0 spiro atoms. The highest BCUT2D eigenvalue weighted by Crippen LogP contribution is 2.32. The van der Waals surface area contributed by atoms with Gasteiger partial charge in [0.2, 0.25) is 5.91 Å². The number of nitrogens with one attached hydrogen (secondary N) is 1. The van der Waals surface area contributed by atoms with Crippen LogP contribution in [0.3, 0.4) is 0 Å². The lowest BCUT2D eigenvalue weighted by atomic mass is 9.94. The van der Waals surface area contributed by atoms with Crippen LogP contribution in [0.1, 0.15) is 68.3 Å². The zero-order valence-electron chi connectivity index (χ0n) is 14.1. The van der Waals surface area contributed by atoms with E-state index in [-0.39, 0.29) is 41.2 Å². The largest absolute Gasteiger partial charge is 0.352 e. The Morgan fingerprint density at radius 3 is 2.32 bits per heavy atom. The minimum absolute atomic E-state index is 0.0610. The first-order valence-corrected chi connectivity index (χ1v) is 10.5. The van der Waals surface area contributed by atoms with Crippen molar-refractivity contribution in [2.24, 2.45) is 0 Å². The zero-order chi connectivity index (χ0) is 17.8. The first-order valence-electron chi connectivity index (χ1n) is 8.97. The number of nitrogens with zero attached hydrogens (tertiary/aromatic N) is 2. The molecule has 0 bridgehead atoms. The number of carbonyl (C=O) groups excluding carboxylic acids is 2. The molecule has 0 aromatic carbocycles. The molecule has 0 unspecified atom stereocenters. The molecule has 5 nitrogen and oxygen atoms in total. The van der Waals surface area contributed by atoms with Crippen molar-refractivity contribution in [2.45, 2.75) is 69.9 Å². The molecule has 0 aliphatic heterocycles. The van der Waals surface area contributed by atoms with Crippen LogP contribution in [0.5, 0.6) is 0 Å². The normalized spacial score (nSPS) is 19.1. The maximum Gasteiger partial charge on any atom is 0.275 e. The molecule has 2 saturated carbocycles. The molecule has 25 heavy (non-hydrogen) atoms. The average molecular weight is 404 g/mol. The van der Waals surface area contributed by atoms with Crippen LogP contribution in [-0.2, 0) is 4.79 Å². The van der Waals surface area contributed by atoms with E-state index in [9.17, 15) is 9.59 Å². The van der Waals surface area contributed by atoms with Crippen LogP contribution >= 0.6 is 34.7 Å². The van der Waals surface area contributed by atoms with E-state index in [0.29, 0.717) is 4.34 Å². The van der Waals surface area contributed by atoms with E-state index in [4.69, 9.17) is 23.2 Å². The fourth-order valence-corrected chi connectivity index (χ4v) is 4.77. The van der Waals surface area contributed by atoms with Gasteiger partial charge in [-0.25, -0.2) is 0 Å². The molecule has 0 saturated heterocycles. The number of hydrogen-bond donors (Lipinski definition) is 1. The summed E-state index contributed by atoms with van der Waals surface area (Å²) in [6, 6.07) is 0.306. The molecule has 138 valence electrons. The second-order valence-electron chi connectivity index (χ2n) is 6.89. The fraction of sp³-hybridized carbons (Fsp3) is 0.706. The summed E-state index contributed by atoms with van der Waals surface area (Å²) in [5, 5.41) is 3.25. The number of rotatable bonds is 5. The second kappa shape index (κ2) is 8.69. The van der Waals surface area contributed by atoms with Gasteiger partial charge < -0.3 is 10.2 Å². The Hall–Kier alpha value is -0.850. The molecule has 3 rings (SSSR count). The lowest BCUT2D eigenvalue weighted by Crippen LogP contribution is -2.48. The summed E-state index contributed by atoms with van der Waals surface area (Å²) in [6.45, 7) is 0.0610. The molecule has 1 aromatic rings. The molecule has 2 aliphatic rings. The van der Waals surface area contributed by atoms with Crippen molar-refractivity contribution in [1.82, 2.24) is 14.6 Å². The number of hydrogen-bond acceptors (Lipinski definition) is 4. The van der Waals surface area contributed by atoms with E-state index in [1.54, 1.807) is 4.90 Å².